The minimum atomic E-state index is -0.709. The van der Waals surface area contributed by atoms with E-state index in [4.69, 9.17) is 9.72 Å². The number of hydrogen-bond donors (Lipinski definition) is 1. The molecule has 1 fully saturated rings. The van der Waals surface area contributed by atoms with Gasteiger partial charge >= 0.3 is 0 Å². The molecule has 33 heavy (non-hydrogen) atoms. The van der Waals surface area contributed by atoms with Crippen LogP contribution < -0.4 is 4.74 Å². The van der Waals surface area contributed by atoms with E-state index in [1.54, 1.807) is 0 Å². The van der Waals surface area contributed by atoms with E-state index < -0.39 is 6.10 Å². The second-order valence-corrected chi connectivity index (χ2v) is 8.51. The summed E-state index contributed by atoms with van der Waals surface area (Å²) in [6, 6.07) is 27.4. The summed E-state index contributed by atoms with van der Waals surface area (Å²) < 4.78 is 7.80. The van der Waals surface area contributed by atoms with Crippen LogP contribution in [0.1, 0.15) is 23.7 Å². The van der Waals surface area contributed by atoms with Gasteiger partial charge in [0.1, 0.15) is 24.3 Å². The van der Waals surface area contributed by atoms with E-state index in [-0.39, 0.29) is 18.4 Å². The standard InChI is InChI=1S/C27H27N3O3/c31-22(19-33-23-11-5-2-6-12-23)18-30-25-14-8-7-13-24(25)28-27(30)21-15-26(32)29(17-21)16-20-9-3-1-4-10-20/h1-14,21-22,31H,15-19H2. The lowest BCUT2D eigenvalue weighted by Gasteiger charge is -2.19. The first-order valence-electron chi connectivity index (χ1n) is 11.3. The third-order valence-electron chi connectivity index (χ3n) is 6.06. The van der Waals surface area contributed by atoms with E-state index in [9.17, 15) is 9.90 Å². The Morgan fingerprint density at radius 3 is 2.45 bits per heavy atom. The largest absolute Gasteiger partial charge is 0.491 e. The summed E-state index contributed by atoms with van der Waals surface area (Å²) in [4.78, 5) is 19.6. The van der Waals surface area contributed by atoms with Gasteiger partial charge in [-0.05, 0) is 29.8 Å². The van der Waals surface area contributed by atoms with E-state index in [1.807, 2.05) is 89.8 Å². The molecule has 2 heterocycles. The Morgan fingerprint density at radius 1 is 0.970 bits per heavy atom. The molecule has 1 amide bonds. The number of amides is 1. The van der Waals surface area contributed by atoms with Crippen molar-refractivity contribution >= 4 is 16.9 Å². The molecule has 1 aliphatic rings. The van der Waals surface area contributed by atoms with Crippen molar-refractivity contribution in [3.63, 3.8) is 0 Å². The molecular weight excluding hydrogens is 414 g/mol. The van der Waals surface area contributed by atoms with Gasteiger partial charge in [-0.25, -0.2) is 4.98 Å². The molecule has 5 rings (SSSR count). The zero-order chi connectivity index (χ0) is 22.6. The van der Waals surface area contributed by atoms with E-state index in [0.717, 1.165) is 28.2 Å². The molecule has 0 bridgehead atoms. The topological polar surface area (TPSA) is 67.6 Å². The first-order valence-corrected chi connectivity index (χ1v) is 11.3. The van der Waals surface area contributed by atoms with Crippen molar-refractivity contribution in [1.29, 1.82) is 0 Å². The summed E-state index contributed by atoms with van der Waals surface area (Å²) in [6.07, 6.45) is -0.286. The van der Waals surface area contributed by atoms with Gasteiger partial charge in [-0.2, -0.15) is 0 Å². The molecule has 0 aliphatic carbocycles. The van der Waals surface area contributed by atoms with E-state index in [2.05, 4.69) is 4.57 Å². The predicted octanol–water partition coefficient (Wildman–Crippen LogP) is 3.99. The van der Waals surface area contributed by atoms with Gasteiger partial charge in [0.05, 0.1) is 17.6 Å². The lowest BCUT2D eigenvalue weighted by atomic mass is 10.1. The quantitative estimate of drug-likeness (QED) is 0.449. The highest BCUT2D eigenvalue weighted by Gasteiger charge is 2.34. The maximum Gasteiger partial charge on any atom is 0.223 e. The average molecular weight is 442 g/mol. The van der Waals surface area contributed by atoms with Gasteiger partial charge in [-0.3, -0.25) is 4.79 Å². The number of carbonyl (C=O) groups excluding carboxylic acids is 1. The normalized spacial score (nSPS) is 16.9. The highest BCUT2D eigenvalue weighted by molar-refractivity contribution is 5.81. The second kappa shape index (κ2) is 9.46. The number of para-hydroxylation sites is 3. The summed E-state index contributed by atoms with van der Waals surface area (Å²) in [6.45, 7) is 1.75. The van der Waals surface area contributed by atoms with Crippen LogP contribution in [-0.2, 0) is 17.9 Å². The molecule has 6 nitrogen and oxygen atoms in total. The van der Waals surface area contributed by atoms with E-state index >= 15 is 0 Å². The van der Waals surface area contributed by atoms with Gasteiger partial charge < -0.3 is 19.3 Å². The maximum atomic E-state index is 12.8. The molecule has 168 valence electrons. The number of aliphatic hydroxyl groups excluding tert-OH is 1. The molecule has 1 aromatic heterocycles. The number of fused-ring (bicyclic) bond motifs is 1. The number of benzene rings is 3. The average Bonchev–Trinajstić information content (AvgIpc) is 3.39. The fourth-order valence-corrected chi connectivity index (χ4v) is 4.47. The van der Waals surface area contributed by atoms with Gasteiger partial charge in [-0.15, -0.1) is 0 Å². The zero-order valence-electron chi connectivity index (χ0n) is 18.4. The Hall–Kier alpha value is -3.64. The molecule has 6 heteroatoms. The Bertz CT molecular complexity index is 1220. The number of ether oxygens (including phenoxy) is 1. The predicted molar refractivity (Wildman–Crippen MR) is 127 cm³/mol. The van der Waals surface area contributed by atoms with Gasteiger partial charge in [0.25, 0.3) is 0 Å². The van der Waals surface area contributed by atoms with Crippen LogP contribution in [0.4, 0.5) is 0 Å². The molecule has 3 aromatic carbocycles. The highest BCUT2D eigenvalue weighted by atomic mass is 16.5. The van der Waals surface area contributed by atoms with Crippen molar-refractivity contribution < 1.29 is 14.6 Å². The monoisotopic (exact) mass is 441 g/mol. The van der Waals surface area contributed by atoms with Crippen molar-refractivity contribution in [3.8, 4) is 5.75 Å². The van der Waals surface area contributed by atoms with E-state index in [1.165, 1.54) is 0 Å². The molecule has 2 atom stereocenters. The summed E-state index contributed by atoms with van der Waals surface area (Å²) in [5.41, 5.74) is 2.95. The van der Waals surface area contributed by atoms with Crippen LogP contribution >= 0.6 is 0 Å². The molecule has 0 saturated carbocycles. The number of likely N-dealkylation sites (tertiary alicyclic amines) is 1. The maximum absolute atomic E-state index is 12.8. The van der Waals surface area contributed by atoms with Crippen molar-refractivity contribution in [2.24, 2.45) is 0 Å². The number of aliphatic hydroxyl groups is 1. The number of rotatable bonds is 8. The van der Waals surface area contributed by atoms with Crippen LogP contribution in [0.25, 0.3) is 11.0 Å². The number of aromatic nitrogens is 2. The minimum Gasteiger partial charge on any atom is -0.491 e. The Morgan fingerprint density at radius 2 is 1.67 bits per heavy atom. The highest BCUT2D eigenvalue weighted by Crippen LogP contribution is 2.31. The summed E-state index contributed by atoms with van der Waals surface area (Å²) >= 11 is 0. The van der Waals surface area contributed by atoms with Crippen molar-refractivity contribution in [3.05, 3.63) is 96.3 Å². The first-order chi connectivity index (χ1) is 16.2. The third kappa shape index (κ3) is 4.76. The Kier molecular flexibility index (Phi) is 6.09. The zero-order valence-corrected chi connectivity index (χ0v) is 18.4. The molecule has 1 N–H and O–H groups in total. The second-order valence-electron chi connectivity index (χ2n) is 8.51. The van der Waals surface area contributed by atoms with Crippen LogP contribution in [0, 0.1) is 0 Å². The van der Waals surface area contributed by atoms with Crippen molar-refractivity contribution in [2.75, 3.05) is 13.2 Å². The number of hydrogen-bond acceptors (Lipinski definition) is 4. The van der Waals surface area contributed by atoms with Crippen molar-refractivity contribution in [2.45, 2.75) is 31.5 Å². The fourth-order valence-electron chi connectivity index (χ4n) is 4.47. The van der Waals surface area contributed by atoms with Crippen LogP contribution in [0.5, 0.6) is 5.75 Å². The van der Waals surface area contributed by atoms with Gasteiger partial charge in [0, 0.05) is 25.4 Å². The van der Waals surface area contributed by atoms with Crippen LogP contribution in [0.15, 0.2) is 84.9 Å². The Labute approximate surface area is 193 Å². The van der Waals surface area contributed by atoms with Crippen LogP contribution in [0.2, 0.25) is 0 Å². The first kappa shape index (κ1) is 21.2. The third-order valence-corrected chi connectivity index (χ3v) is 6.06. The van der Waals surface area contributed by atoms with Crippen LogP contribution in [0.3, 0.4) is 0 Å². The van der Waals surface area contributed by atoms with Crippen LogP contribution in [-0.4, -0.2) is 44.7 Å². The lowest BCUT2D eigenvalue weighted by Crippen LogP contribution is -2.26. The minimum absolute atomic E-state index is 0.0177. The number of carbonyl (C=O) groups is 1. The molecule has 1 aliphatic heterocycles. The summed E-state index contributed by atoms with van der Waals surface area (Å²) in [5.74, 6) is 1.69. The molecule has 1 saturated heterocycles. The van der Waals surface area contributed by atoms with Gasteiger partial charge in [-0.1, -0.05) is 60.7 Å². The lowest BCUT2D eigenvalue weighted by molar-refractivity contribution is -0.128. The van der Waals surface area contributed by atoms with Crippen molar-refractivity contribution in [1.82, 2.24) is 14.5 Å². The SMILES string of the molecule is O=C1CC(c2nc3ccccc3n2CC(O)COc2ccccc2)CN1Cc1ccccc1. The van der Waals surface area contributed by atoms with E-state index in [0.29, 0.717) is 26.1 Å². The Balaban J connectivity index is 1.35. The summed E-state index contributed by atoms with van der Waals surface area (Å²) in [5, 5.41) is 10.8. The molecule has 0 radical (unpaired) electrons. The number of imidazole rings is 1. The fraction of sp³-hybridized carbons (Fsp3) is 0.259. The molecular formula is C27H27N3O3. The summed E-state index contributed by atoms with van der Waals surface area (Å²) in [7, 11) is 0. The smallest absolute Gasteiger partial charge is 0.223 e. The molecule has 0 spiro atoms. The number of nitrogens with zero attached hydrogens (tertiary/aromatic N) is 3. The molecule has 4 aromatic rings. The van der Waals surface area contributed by atoms with Gasteiger partial charge in [0.15, 0.2) is 0 Å². The molecule has 2 unspecified atom stereocenters. The van der Waals surface area contributed by atoms with Gasteiger partial charge in [0.2, 0.25) is 5.91 Å².